The molecule has 0 bridgehead atoms. The van der Waals surface area contributed by atoms with Crippen molar-refractivity contribution in [3.8, 4) is 0 Å². The highest BCUT2D eigenvalue weighted by Crippen LogP contribution is 2.36. The van der Waals surface area contributed by atoms with Crippen molar-refractivity contribution >= 4 is 16.9 Å². The molecule has 1 aliphatic rings. The summed E-state index contributed by atoms with van der Waals surface area (Å²) < 4.78 is 1.65. The van der Waals surface area contributed by atoms with Crippen LogP contribution < -0.4 is 5.32 Å². The van der Waals surface area contributed by atoms with Crippen molar-refractivity contribution in [1.82, 2.24) is 35.5 Å². The predicted octanol–water partition coefficient (Wildman–Crippen LogP) is 3.11. The van der Waals surface area contributed by atoms with Crippen molar-refractivity contribution in [2.75, 3.05) is 0 Å². The van der Waals surface area contributed by atoms with Crippen LogP contribution in [0, 0.1) is 5.92 Å². The Bertz CT molecular complexity index is 894. The number of hydrogen-bond acceptors (Lipinski definition) is 5. The van der Waals surface area contributed by atoms with Crippen LogP contribution in [-0.2, 0) is 10.3 Å². The maximum Gasteiger partial charge on any atom is 0.248 e. The van der Waals surface area contributed by atoms with Crippen LogP contribution in [0.3, 0.4) is 0 Å². The second kappa shape index (κ2) is 7.69. The number of carbonyl (C=O) groups excluding carboxylic acids is 1. The predicted molar refractivity (Wildman–Crippen MR) is 105 cm³/mol. The number of rotatable bonds is 6. The Morgan fingerprint density at radius 2 is 2.07 bits per heavy atom. The largest absolute Gasteiger partial charge is 0.344 e. The molecule has 1 aromatic carbocycles. The number of aromatic amines is 1. The average Bonchev–Trinajstić information content (AvgIpc) is 3.41. The molecular formula is C20H27N7O. The van der Waals surface area contributed by atoms with E-state index < -0.39 is 5.54 Å². The molecule has 1 aliphatic carbocycles. The lowest BCUT2D eigenvalue weighted by Gasteiger charge is -2.37. The van der Waals surface area contributed by atoms with E-state index in [4.69, 9.17) is 4.98 Å². The first-order chi connectivity index (χ1) is 13.6. The third kappa shape index (κ3) is 3.27. The van der Waals surface area contributed by atoms with Gasteiger partial charge in [0.15, 0.2) is 0 Å². The van der Waals surface area contributed by atoms with Crippen LogP contribution in [0.1, 0.15) is 64.2 Å². The van der Waals surface area contributed by atoms with Crippen LogP contribution in [0.5, 0.6) is 0 Å². The summed E-state index contributed by atoms with van der Waals surface area (Å²) in [5, 5.41) is 14.9. The van der Waals surface area contributed by atoms with Gasteiger partial charge >= 0.3 is 0 Å². The van der Waals surface area contributed by atoms with Gasteiger partial charge in [-0.05, 0) is 41.3 Å². The van der Waals surface area contributed by atoms with Gasteiger partial charge in [-0.1, -0.05) is 51.7 Å². The van der Waals surface area contributed by atoms with Gasteiger partial charge in [-0.25, -0.2) is 9.67 Å². The van der Waals surface area contributed by atoms with E-state index in [0.717, 1.165) is 55.4 Å². The third-order valence-electron chi connectivity index (χ3n) is 6.09. The lowest BCUT2D eigenvalue weighted by molar-refractivity contribution is -0.133. The van der Waals surface area contributed by atoms with Crippen LogP contribution >= 0.6 is 0 Å². The highest BCUT2D eigenvalue weighted by molar-refractivity contribution is 5.85. The Morgan fingerprint density at radius 3 is 2.75 bits per heavy atom. The summed E-state index contributed by atoms with van der Waals surface area (Å²) in [6, 6.07) is 7.74. The highest BCUT2D eigenvalue weighted by atomic mass is 16.2. The number of nitrogens with one attached hydrogen (secondary N) is 2. The Hall–Kier alpha value is -2.77. The van der Waals surface area contributed by atoms with E-state index >= 15 is 0 Å². The smallest absolute Gasteiger partial charge is 0.248 e. The summed E-state index contributed by atoms with van der Waals surface area (Å²) in [7, 11) is 0. The molecule has 148 valence electrons. The molecule has 0 spiro atoms. The molecule has 1 fully saturated rings. The molecule has 2 atom stereocenters. The number of tetrazole rings is 1. The van der Waals surface area contributed by atoms with Crippen molar-refractivity contribution in [2.45, 2.75) is 64.0 Å². The fraction of sp³-hybridized carbons (Fsp3) is 0.550. The van der Waals surface area contributed by atoms with Gasteiger partial charge in [0.2, 0.25) is 5.91 Å². The van der Waals surface area contributed by atoms with Gasteiger partial charge in [0, 0.05) is 0 Å². The van der Waals surface area contributed by atoms with E-state index in [1.54, 1.807) is 11.0 Å². The number of aromatic nitrogens is 6. The zero-order chi connectivity index (χ0) is 19.6. The minimum absolute atomic E-state index is 0.0229. The second-order valence-corrected chi connectivity index (χ2v) is 7.82. The van der Waals surface area contributed by atoms with E-state index in [1.165, 1.54) is 0 Å². The van der Waals surface area contributed by atoms with E-state index in [0.29, 0.717) is 0 Å². The molecule has 0 radical (unpaired) electrons. The van der Waals surface area contributed by atoms with Gasteiger partial charge in [0.25, 0.3) is 0 Å². The molecule has 8 nitrogen and oxygen atoms in total. The zero-order valence-electron chi connectivity index (χ0n) is 16.4. The molecule has 3 aromatic rings. The molecule has 4 rings (SSSR count). The highest BCUT2D eigenvalue weighted by Gasteiger charge is 2.44. The monoisotopic (exact) mass is 381 g/mol. The van der Waals surface area contributed by atoms with Crippen LogP contribution in [0.25, 0.3) is 11.0 Å². The number of amides is 1. The SMILES string of the molecule is CC[C@@H](C)[C@H](NC(=O)C1(n2cnnn2)CCCCC1)c1nc2ccccc2[nH]1. The second-order valence-electron chi connectivity index (χ2n) is 7.82. The van der Waals surface area contributed by atoms with E-state index in [2.05, 4.69) is 39.7 Å². The lowest BCUT2D eigenvalue weighted by atomic mass is 9.80. The van der Waals surface area contributed by atoms with Gasteiger partial charge in [-0.3, -0.25) is 4.79 Å². The van der Waals surface area contributed by atoms with Crippen molar-refractivity contribution in [1.29, 1.82) is 0 Å². The first-order valence-corrected chi connectivity index (χ1v) is 10.1. The summed E-state index contributed by atoms with van der Waals surface area (Å²) in [6.07, 6.45) is 7.10. The normalized spacial score (nSPS) is 18.6. The third-order valence-corrected chi connectivity index (χ3v) is 6.09. The summed E-state index contributed by atoms with van der Waals surface area (Å²) in [5.41, 5.74) is 1.17. The molecule has 28 heavy (non-hydrogen) atoms. The number of H-pyrrole nitrogens is 1. The average molecular weight is 381 g/mol. The summed E-state index contributed by atoms with van der Waals surface area (Å²) >= 11 is 0. The van der Waals surface area contributed by atoms with E-state index in [-0.39, 0.29) is 17.9 Å². The molecule has 2 N–H and O–H groups in total. The maximum absolute atomic E-state index is 13.6. The minimum atomic E-state index is -0.723. The van der Waals surface area contributed by atoms with Crippen LogP contribution in [0.4, 0.5) is 0 Å². The summed E-state index contributed by atoms with van der Waals surface area (Å²) in [4.78, 5) is 21.7. The number of para-hydroxylation sites is 2. The first kappa shape index (κ1) is 18.6. The molecule has 0 unspecified atom stereocenters. The van der Waals surface area contributed by atoms with Crippen LogP contribution in [0.15, 0.2) is 30.6 Å². The molecule has 0 aliphatic heterocycles. The molecule has 1 amide bonds. The van der Waals surface area contributed by atoms with Crippen molar-refractivity contribution in [2.24, 2.45) is 5.92 Å². The molecule has 0 saturated heterocycles. The minimum Gasteiger partial charge on any atom is -0.344 e. The van der Waals surface area contributed by atoms with Crippen molar-refractivity contribution in [3.63, 3.8) is 0 Å². The lowest BCUT2D eigenvalue weighted by Crippen LogP contribution is -2.52. The Labute approximate surface area is 164 Å². The molecule has 2 heterocycles. The number of fused-ring (bicyclic) bond motifs is 1. The Morgan fingerprint density at radius 1 is 1.29 bits per heavy atom. The standard InChI is InChI=1S/C20H27N7O/c1-3-14(2)17(18-22-15-9-5-6-10-16(15)23-18)24-19(28)20(11-7-4-8-12-20)27-13-21-25-26-27/h5-6,9-10,13-14,17H,3-4,7-8,11-12H2,1-2H3,(H,22,23)(H,24,28)/t14-,17+/m1/s1. The molecular weight excluding hydrogens is 354 g/mol. The number of carbonyl (C=O) groups is 1. The molecule has 8 heteroatoms. The number of imidazole rings is 1. The topological polar surface area (TPSA) is 101 Å². The number of nitrogens with zero attached hydrogens (tertiary/aromatic N) is 5. The number of hydrogen-bond donors (Lipinski definition) is 2. The van der Waals surface area contributed by atoms with E-state index in [9.17, 15) is 4.79 Å². The van der Waals surface area contributed by atoms with Crippen LogP contribution in [-0.4, -0.2) is 36.1 Å². The van der Waals surface area contributed by atoms with Gasteiger partial charge in [0.05, 0.1) is 17.1 Å². The molecule has 1 saturated carbocycles. The van der Waals surface area contributed by atoms with Gasteiger partial charge in [-0.15, -0.1) is 5.10 Å². The van der Waals surface area contributed by atoms with Crippen molar-refractivity contribution < 1.29 is 4.79 Å². The molecule has 2 aromatic heterocycles. The number of benzene rings is 1. The van der Waals surface area contributed by atoms with Gasteiger partial charge in [0.1, 0.15) is 17.7 Å². The quantitative estimate of drug-likeness (QED) is 0.683. The summed E-state index contributed by atoms with van der Waals surface area (Å²) in [5.74, 6) is 1.01. The Kier molecular flexibility index (Phi) is 5.11. The Balaban J connectivity index is 1.66. The maximum atomic E-state index is 13.6. The van der Waals surface area contributed by atoms with E-state index in [1.807, 2.05) is 24.3 Å². The summed E-state index contributed by atoms with van der Waals surface area (Å²) in [6.45, 7) is 4.27. The fourth-order valence-corrected chi connectivity index (χ4v) is 4.17. The van der Waals surface area contributed by atoms with Crippen molar-refractivity contribution in [3.05, 3.63) is 36.4 Å². The fourth-order valence-electron chi connectivity index (χ4n) is 4.17. The van der Waals surface area contributed by atoms with Gasteiger partial charge < -0.3 is 10.3 Å². The first-order valence-electron chi connectivity index (χ1n) is 10.1. The van der Waals surface area contributed by atoms with Gasteiger partial charge in [-0.2, -0.15) is 0 Å². The zero-order valence-corrected chi connectivity index (χ0v) is 16.4. The van der Waals surface area contributed by atoms with Crippen LogP contribution in [0.2, 0.25) is 0 Å².